The minimum Gasteiger partial charge on any atom is -0.341 e. The monoisotopic (exact) mass is 265 g/mol. The Hall–Kier alpha value is -0.610. The second-order valence-electron chi connectivity index (χ2n) is 6.57. The van der Waals surface area contributed by atoms with Crippen LogP contribution in [0.5, 0.6) is 0 Å². The van der Waals surface area contributed by atoms with Gasteiger partial charge in [-0.3, -0.25) is 9.69 Å². The van der Waals surface area contributed by atoms with Gasteiger partial charge in [-0.05, 0) is 51.1 Å². The van der Waals surface area contributed by atoms with Crippen molar-refractivity contribution < 1.29 is 4.79 Å². The van der Waals surface area contributed by atoms with Gasteiger partial charge in [-0.1, -0.05) is 0 Å². The number of hydrogen-bond donors (Lipinski definition) is 1. The molecule has 3 aliphatic rings. The maximum Gasteiger partial charge on any atom is 0.222 e. The predicted molar refractivity (Wildman–Crippen MR) is 76.0 cm³/mol. The van der Waals surface area contributed by atoms with Crippen LogP contribution in [0.25, 0.3) is 0 Å². The van der Waals surface area contributed by atoms with Crippen LogP contribution < -0.4 is 5.32 Å². The van der Waals surface area contributed by atoms with Crippen LogP contribution in [-0.4, -0.2) is 61.0 Å². The first kappa shape index (κ1) is 13.4. The van der Waals surface area contributed by atoms with Crippen LogP contribution in [-0.2, 0) is 4.79 Å². The number of hydrogen-bond acceptors (Lipinski definition) is 3. The van der Waals surface area contributed by atoms with Gasteiger partial charge in [0.05, 0.1) is 0 Å². The summed E-state index contributed by atoms with van der Waals surface area (Å²) in [5, 5.41) is 3.37. The first-order chi connectivity index (χ1) is 9.24. The zero-order valence-corrected chi connectivity index (χ0v) is 12.1. The van der Waals surface area contributed by atoms with Gasteiger partial charge in [0.15, 0.2) is 0 Å². The smallest absolute Gasteiger partial charge is 0.222 e. The molecule has 2 saturated heterocycles. The van der Waals surface area contributed by atoms with Gasteiger partial charge >= 0.3 is 0 Å². The van der Waals surface area contributed by atoms with Crippen molar-refractivity contribution >= 4 is 5.91 Å². The van der Waals surface area contributed by atoms with Gasteiger partial charge in [-0.25, -0.2) is 0 Å². The molecule has 0 radical (unpaired) electrons. The van der Waals surface area contributed by atoms with Crippen LogP contribution in [0.15, 0.2) is 0 Å². The Balaban J connectivity index is 1.41. The van der Waals surface area contributed by atoms with E-state index in [1.165, 1.54) is 32.2 Å². The molecular weight excluding hydrogens is 238 g/mol. The number of carbonyl (C=O) groups is 1. The molecule has 0 aromatic carbocycles. The standard InChI is InChI=1S/C15H27N3O/c1-17(14-7-9-18(11-14)13-3-4-13)15(19)5-2-12-6-8-16-10-12/h12-14,16H,2-11H2,1H3. The van der Waals surface area contributed by atoms with Gasteiger partial charge in [0.1, 0.15) is 0 Å². The number of nitrogens with zero attached hydrogens (tertiary/aromatic N) is 2. The van der Waals surface area contributed by atoms with E-state index in [1.54, 1.807) is 0 Å². The van der Waals surface area contributed by atoms with Crippen molar-refractivity contribution in [2.45, 2.75) is 50.6 Å². The number of rotatable bonds is 5. The molecule has 2 unspecified atom stereocenters. The Labute approximate surface area is 116 Å². The van der Waals surface area contributed by atoms with Gasteiger partial charge in [0, 0.05) is 38.6 Å². The second-order valence-corrected chi connectivity index (χ2v) is 6.57. The average Bonchev–Trinajstić information content (AvgIpc) is 2.95. The lowest BCUT2D eigenvalue weighted by Gasteiger charge is -2.25. The van der Waals surface area contributed by atoms with Crippen LogP contribution in [0, 0.1) is 5.92 Å². The molecule has 1 N–H and O–H groups in total. The third-order valence-electron chi connectivity index (χ3n) is 5.13. The van der Waals surface area contributed by atoms with E-state index in [0.29, 0.717) is 11.9 Å². The Morgan fingerprint density at radius 2 is 2.16 bits per heavy atom. The van der Waals surface area contributed by atoms with Crippen LogP contribution in [0.4, 0.5) is 0 Å². The molecule has 0 aromatic heterocycles. The summed E-state index contributed by atoms with van der Waals surface area (Å²) in [6, 6.07) is 1.31. The molecule has 0 spiro atoms. The highest BCUT2D eigenvalue weighted by Gasteiger charge is 2.36. The molecule has 2 heterocycles. The predicted octanol–water partition coefficient (Wildman–Crippen LogP) is 1.07. The molecule has 108 valence electrons. The number of carbonyl (C=O) groups excluding carboxylic acids is 1. The van der Waals surface area contributed by atoms with Crippen molar-refractivity contribution in [3.63, 3.8) is 0 Å². The highest BCUT2D eigenvalue weighted by Crippen LogP contribution is 2.31. The maximum absolute atomic E-state index is 12.3. The largest absolute Gasteiger partial charge is 0.341 e. The first-order valence-electron chi connectivity index (χ1n) is 7.94. The van der Waals surface area contributed by atoms with Crippen molar-refractivity contribution in [3.8, 4) is 0 Å². The summed E-state index contributed by atoms with van der Waals surface area (Å²) in [6.07, 6.45) is 6.97. The number of nitrogens with one attached hydrogen (secondary N) is 1. The molecule has 1 amide bonds. The molecule has 2 atom stereocenters. The van der Waals surface area contributed by atoms with E-state index in [4.69, 9.17) is 0 Å². The van der Waals surface area contributed by atoms with E-state index in [9.17, 15) is 4.79 Å². The fourth-order valence-electron chi connectivity index (χ4n) is 3.52. The fraction of sp³-hybridized carbons (Fsp3) is 0.933. The molecule has 19 heavy (non-hydrogen) atoms. The Kier molecular flexibility index (Phi) is 4.08. The summed E-state index contributed by atoms with van der Waals surface area (Å²) in [4.78, 5) is 16.9. The normalized spacial score (nSPS) is 31.8. The minimum absolute atomic E-state index is 0.356. The second kappa shape index (κ2) is 5.80. The zero-order valence-electron chi connectivity index (χ0n) is 12.1. The fourth-order valence-corrected chi connectivity index (χ4v) is 3.52. The lowest BCUT2D eigenvalue weighted by atomic mass is 10.0. The Morgan fingerprint density at radius 3 is 2.84 bits per heavy atom. The van der Waals surface area contributed by atoms with Gasteiger partial charge in [-0.15, -0.1) is 0 Å². The average molecular weight is 265 g/mol. The molecule has 1 aliphatic carbocycles. The van der Waals surface area contributed by atoms with E-state index in [-0.39, 0.29) is 0 Å². The number of likely N-dealkylation sites (N-methyl/N-ethyl adjacent to an activating group) is 1. The summed E-state index contributed by atoms with van der Waals surface area (Å²) >= 11 is 0. The van der Waals surface area contributed by atoms with Crippen molar-refractivity contribution in [3.05, 3.63) is 0 Å². The lowest BCUT2D eigenvalue weighted by molar-refractivity contribution is -0.132. The van der Waals surface area contributed by atoms with E-state index in [1.807, 2.05) is 11.9 Å². The van der Waals surface area contributed by atoms with Crippen molar-refractivity contribution in [2.75, 3.05) is 33.2 Å². The van der Waals surface area contributed by atoms with E-state index in [0.717, 1.165) is 44.4 Å². The number of likely N-dealkylation sites (tertiary alicyclic amines) is 1. The molecule has 4 nitrogen and oxygen atoms in total. The molecule has 1 saturated carbocycles. The SMILES string of the molecule is CN(C(=O)CCC1CCNC1)C1CCN(C2CC2)C1. The van der Waals surface area contributed by atoms with Gasteiger partial charge < -0.3 is 10.2 Å². The van der Waals surface area contributed by atoms with E-state index >= 15 is 0 Å². The highest BCUT2D eigenvalue weighted by molar-refractivity contribution is 5.76. The van der Waals surface area contributed by atoms with Crippen LogP contribution in [0.2, 0.25) is 0 Å². The van der Waals surface area contributed by atoms with Crippen molar-refractivity contribution in [1.82, 2.24) is 15.1 Å². The zero-order chi connectivity index (χ0) is 13.2. The molecule has 4 heteroatoms. The molecule has 0 bridgehead atoms. The molecule has 2 aliphatic heterocycles. The first-order valence-corrected chi connectivity index (χ1v) is 7.94. The van der Waals surface area contributed by atoms with E-state index < -0.39 is 0 Å². The lowest BCUT2D eigenvalue weighted by Crippen LogP contribution is -2.39. The summed E-state index contributed by atoms with van der Waals surface area (Å²) in [5.41, 5.74) is 0. The van der Waals surface area contributed by atoms with Crippen molar-refractivity contribution in [1.29, 1.82) is 0 Å². The third kappa shape index (κ3) is 3.29. The third-order valence-corrected chi connectivity index (χ3v) is 5.13. The van der Waals surface area contributed by atoms with Crippen LogP contribution in [0.3, 0.4) is 0 Å². The van der Waals surface area contributed by atoms with Crippen molar-refractivity contribution in [2.24, 2.45) is 5.92 Å². The van der Waals surface area contributed by atoms with Gasteiger partial charge in [-0.2, -0.15) is 0 Å². The van der Waals surface area contributed by atoms with Gasteiger partial charge in [0.25, 0.3) is 0 Å². The van der Waals surface area contributed by atoms with Gasteiger partial charge in [0.2, 0.25) is 5.91 Å². The van der Waals surface area contributed by atoms with Crippen LogP contribution in [0.1, 0.15) is 38.5 Å². The quantitative estimate of drug-likeness (QED) is 0.808. The number of amides is 1. The maximum atomic E-state index is 12.3. The topological polar surface area (TPSA) is 35.6 Å². The summed E-state index contributed by atoms with van der Waals surface area (Å²) < 4.78 is 0. The Morgan fingerprint density at radius 1 is 1.32 bits per heavy atom. The summed E-state index contributed by atoms with van der Waals surface area (Å²) in [5.74, 6) is 1.08. The van der Waals surface area contributed by atoms with Crippen LogP contribution >= 0.6 is 0 Å². The molecular formula is C15H27N3O. The minimum atomic E-state index is 0.356. The molecule has 3 fully saturated rings. The summed E-state index contributed by atoms with van der Waals surface area (Å²) in [6.45, 7) is 4.54. The Bertz CT molecular complexity index is 323. The summed E-state index contributed by atoms with van der Waals surface area (Å²) in [7, 11) is 2.01. The molecule has 3 rings (SSSR count). The highest BCUT2D eigenvalue weighted by atomic mass is 16.2. The van der Waals surface area contributed by atoms with E-state index in [2.05, 4.69) is 10.2 Å². The molecule has 0 aromatic rings.